The van der Waals surface area contributed by atoms with Gasteiger partial charge in [0.1, 0.15) is 6.61 Å². The van der Waals surface area contributed by atoms with E-state index in [1.165, 1.54) is 0 Å². The standard InChI is InChI=1S/C12H25NO2Si/c1-10(11-13-7-8-14-11)9-15-16(5,6)12(2,3)4/h10H,7-9H2,1-6H3. The number of nitrogens with zero attached hydrogens (tertiary/aromatic N) is 1. The zero-order valence-electron chi connectivity index (χ0n) is 11.5. The maximum Gasteiger partial charge on any atom is 0.192 e. The van der Waals surface area contributed by atoms with Crippen molar-refractivity contribution in [2.24, 2.45) is 10.9 Å². The molecular formula is C12H25NO2Si. The largest absolute Gasteiger partial charge is 0.479 e. The third-order valence-electron chi connectivity index (χ3n) is 3.53. The Balaban J connectivity index is 2.45. The van der Waals surface area contributed by atoms with Crippen molar-refractivity contribution < 1.29 is 9.16 Å². The van der Waals surface area contributed by atoms with Gasteiger partial charge in [0, 0.05) is 6.61 Å². The molecule has 0 aromatic carbocycles. The molecule has 0 aromatic rings. The lowest BCUT2D eigenvalue weighted by atomic mass is 10.2. The Bertz CT molecular complexity index is 269. The Hall–Kier alpha value is -0.353. The zero-order chi connectivity index (χ0) is 12.4. The maximum atomic E-state index is 6.15. The van der Waals surface area contributed by atoms with Crippen molar-refractivity contribution in [2.75, 3.05) is 19.8 Å². The molecule has 16 heavy (non-hydrogen) atoms. The first-order valence-corrected chi connectivity index (χ1v) is 8.96. The Morgan fingerprint density at radius 1 is 1.44 bits per heavy atom. The average molecular weight is 243 g/mol. The van der Waals surface area contributed by atoms with Crippen molar-refractivity contribution in [2.45, 2.75) is 45.8 Å². The summed E-state index contributed by atoms with van der Waals surface area (Å²) >= 11 is 0. The molecule has 0 aliphatic carbocycles. The molecule has 1 atom stereocenters. The van der Waals surface area contributed by atoms with Crippen LogP contribution in [0.15, 0.2) is 4.99 Å². The second-order valence-corrected chi connectivity index (χ2v) is 10.9. The summed E-state index contributed by atoms with van der Waals surface area (Å²) < 4.78 is 11.6. The molecule has 1 aliphatic rings. The van der Waals surface area contributed by atoms with Gasteiger partial charge in [0.05, 0.1) is 12.5 Å². The minimum absolute atomic E-state index is 0.269. The summed E-state index contributed by atoms with van der Waals surface area (Å²) in [5, 5.41) is 0.269. The molecule has 1 unspecified atom stereocenters. The van der Waals surface area contributed by atoms with Crippen LogP contribution in [0.2, 0.25) is 18.1 Å². The Morgan fingerprint density at radius 2 is 2.06 bits per heavy atom. The van der Waals surface area contributed by atoms with Gasteiger partial charge in [0.15, 0.2) is 14.2 Å². The summed E-state index contributed by atoms with van der Waals surface area (Å²) in [5.41, 5.74) is 0. The molecule has 0 aromatic heterocycles. The van der Waals surface area contributed by atoms with E-state index < -0.39 is 8.32 Å². The van der Waals surface area contributed by atoms with E-state index in [9.17, 15) is 0 Å². The summed E-state index contributed by atoms with van der Waals surface area (Å²) in [6, 6.07) is 0. The van der Waals surface area contributed by atoms with Gasteiger partial charge in [-0.05, 0) is 18.1 Å². The lowest BCUT2D eigenvalue weighted by Gasteiger charge is -2.36. The average Bonchev–Trinajstić information content (AvgIpc) is 2.65. The van der Waals surface area contributed by atoms with Gasteiger partial charge in [-0.25, -0.2) is 0 Å². The smallest absolute Gasteiger partial charge is 0.192 e. The molecule has 0 spiro atoms. The van der Waals surface area contributed by atoms with Gasteiger partial charge in [-0.2, -0.15) is 0 Å². The van der Waals surface area contributed by atoms with Gasteiger partial charge in [-0.15, -0.1) is 0 Å². The minimum Gasteiger partial charge on any atom is -0.479 e. The van der Waals surface area contributed by atoms with Crippen LogP contribution in [0.1, 0.15) is 27.7 Å². The predicted octanol–water partition coefficient (Wildman–Crippen LogP) is 3.07. The van der Waals surface area contributed by atoms with Crippen molar-refractivity contribution in [1.29, 1.82) is 0 Å². The molecule has 4 heteroatoms. The van der Waals surface area contributed by atoms with Crippen LogP contribution in [0.4, 0.5) is 0 Å². The highest BCUT2D eigenvalue weighted by Crippen LogP contribution is 2.36. The normalized spacial score (nSPS) is 19.2. The molecule has 94 valence electrons. The van der Waals surface area contributed by atoms with E-state index >= 15 is 0 Å². The molecule has 0 N–H and O–H groups in total. The Morgan fingerprint density at radius 3 is 2.50 bits per heavy atom. The zero-order valence-corrected chi connectivity index (χ0v) is 12.5. The molecule has 1 aliphatic heterocycles. The molecule has 0 saturated heterocycles. The Labute approximate surface area is 100 Å². The van der Waals surface area contributed by atoms with E-state index in [2.05, 4.69) is 45.8 Å². The topological polar surface area (TPSA) is 30.8 Å². The molecule has 0 bridgehead atoms. The van der Waals surface area contributed by atoms with E-state index in [1.807, 2.05) is 0 Å². The van der Waals surface area contributed by atoms with Crippen LogP contribution in [-0.4, -0.2) is 34.0 Å². The summed E-state index contributed by atoms with van der Waals surface area (Å²) in [7, 11) is -1.63. The molecule has 1 rings (SSSR count). The lowest BCUT2D eigenvalue weighted by molar-refractivity contribution is 0.242. The number of hydrogen-bond acceptors (Lipinski definition) is 3. The fraction of sp³-hybridized carbons (Fsp3) is 0.917. The minimum atomic E-state index is -1.63. The van der Waals surface area contributed by atoms with Crippen LogP contribution in [0, 0.1) is 5.92 Å². The summed E-state index contributed by atoms with van der Waals surface area (Å²) in [4.78, 5) is 4.33. The second-order valence-electron chi connectivity index (χ2n) is 6.04. The highest BCUT2D eigenvalue weighted by molar-refractivity contribution is 6.74. The highest BCUT2D eigenvalue weighted by atomic mass is 28.4. The summed E-state index contributed by atoms with van der Waals surface area (Å²) in [6.07, 6.45) is 0. The number of aliphatic imine (C=N–C) groups is 1. The lowest BCUT2D eigenvalue weighted by Crippen LogP contribution is -2.42. The van der Waals surface area contributed by atoms with Crippen LogP contribution in [0.5, 0.6) is 0 Å². The van der Waals surface area contributed by atoms with Crippen molar-refractivity contribution >= 4 is 14.2 Å². The van der Waals surface area contributed by atoms with Crippen LogP contribution in [-0.2, 0) is 9.16 Å². The third-order valence-corrected chi connectivity index (χ3v) is 8.03. The number of ether oxygens (including phenoxy) is 1. The van der Waals surface area contributed by atoms with Crippen LogP contribution in [0.25, 0.3) is 0 Å². The van der Waals surface area contributed by atoms with Crippen molar-refractivity contribution in [3.8, 4) is 0 Å². The molecule has 0 saturated carbocycles. The fourth-order valence-electron chi connectivity index (χ4n) is 1.27. The van der Waals surface area contributed by atoms with Crippen LogP contribution in [0.3, 0.4) is 0 Å². The van der Waals surface area contributed by atoms with Crippen molar-refractivity contribution in [3.63, 3.8) is 0 Å². The first kappa shape index (κ1) is 13.7. The van der Waals surface area contributed by atoms with Gasteiger partial charge in [0.2, 0.25) is 0 Å². The van der Waals surface area contributed by atoms with Crippen LogP contribution >= 0.6 is 0 Å². The fourth-order valence-corrected chi connectivity index (χ4v) is 2.37. The third kappa shape index (κ3) is 3.32. The van der Waals surface area contributed by atoms with Gasteiger partial charge in [-0.1, -0.05) is 27.7 Å². The number of rotatable bonds is 4. The van der Waals surface area contributed by atoms with Crippen molar-refractivity contribution in [3.05, 3.63) is 0 Å². The molecular weight excluding hydrogens is 218 g/mol. The van der Waals surface area contributed by atoms with Crippen LogP contribution < -0.4 is 0 Å². The first-order valence-electron chi connectivity index (χ1n) is 6.05. The molecule has 0 amide bonds. The van der Waals surface area contributed by atoms with E-state index in [0.717, 1.165) is 25.7 Å². The monoisotopic (exact) mass is 243 g/mol. The first-order chi connectivity index (χ1) is 7.24. The maximum absolute atomic E-state index is 6.15. The predicted molar refractivity (Wildman–Crippen MR) is 70.6 cm³/mol. The van der Waals surface area contributed by atoms with E-state index in [1.54, 1.807) is 0 Å². The quantitative estimate of drug-likeness (QED) is 0.710. The van der Waals surface area contributed by atoms with Gasteiger partial charge in [-0.3, -0.25) is 4.99 Å². The molecule has 0 radical (unpaired) electrons. The second kappa shape index (κ2) is 4.88. The van der Waals surface area contributed by atoms with Gasteiger partial charge < -0.3 is 9.16 Å². The molecule has 1 heterocycles. The number of hydrogen-bond donors (Lipinski definition) is 0. The van der Waals surface area contributed by atoms with E-state index in [-0.39, 0.29) is 11.0 Å². The Kier molecular flexibility index (Phi) is 4.18. The van der Waals surface area contributed by atoms with Gasteiger partial charge >= 0.3 is 0 Å². The van der Waals surface area contributed by atoms with E-state index in [4.69, 9.17) is 9.16 Å². The molecule has 3 nitrogen and oxygen atoms in total. The van der Waals surface area contributed by atoms with Gasteiger partial charge in [0.25, 0.3) is 0 Å². The van der Waals surface area contributed by atoms with Crippen molar-refractivity contribution in [1.82, 2.24) is 0 Å². The summed E-state index contributed by atoms with van der Waals surface area (Å²) in [5.74, 6) is 1.16. The SMILES string of the molecule is CC(CO[Si](C)(C)C(C)(C)C)C1=NCCO1. The molecule has 0 fully saturated rings. The van der Waals surface area contributed by atoms with E-state index in [0.29, 0.717) is 0 Å². The summed E-state index contributed by atoms with van der Waals surface area (Å²) in [6.45, 7) is 15.7. The highest BCUT2D eigenvalue weighted by Gasteiger charge is 2.37.